The summed E-state index contributed by atoms with van der Waals surface area (Å²) in [6.45, 7) is 4.43. The number of nitrogens with one attached hydrogen (secondary N) is 1. The molecule has 9 heteroatoms. The number of hydrogen-bond donors (Lipinski definition) is 1. The average molecular weight is 522 g/mol. The Morgan fingerprint density at radius 1 is 1.18 bits per heavy atom. The molecule has 3 rings (SSSR count). The van der Waals surface area contributed by atoms with E-state index < -0.39 is 0 Å². The van der Waals surface area contributed by atoms with Gasteiger partial charge in [0, 0.05) is 16.7 Å². The average Bonchev–Trinajstić information content (AvgIpc) is 3.24. The van der Waals surface area contributed by atoms with Crippen molar-refractivity contribution in [2.75, 3.05) is 7.11 Å². The van der Waals surface area contributed by atoms with Gasteiger partial charge in [-0.05, 0) is 48.7 Å². The molecule has 1 unspecified atom stereocenters. The number of thioether (sulfide) groups is 1. The summed E-state index contributed by atoms with van der Waals surface area (Å²) in [4.78, 5) is 12.8. The molecular formula is C25H30Cl2N4O2S. The second-order valence-corrected chi connectivity index (χ2v) is 9.72. The first kappa shape index (κ1) is 26.4. The van der Waals surface area contributed by atoms with Crippen LogP contribution in [0.1, 0.15) is 50.9 Å². The molecule has 0 fully saturated rings. The number of benzene rings is 2. The minimum atomic E-state index is -0.00246. The molecule has 2 aromatic carbocycles. The number of hydrogen-bond acceptors (Lipinski definition) is 5. The van der Waals surface area contributed by atoms with Crippen LogP contribution < -0.4 is 10.1 Å². The molecule has 6 nitrogen and oxygen atoms in total. The van der Waals surface area contributed by atoms with Gasteiger partial charge in [-0.1, -0.05) is 73.8 Å². The van der Waals surface area contributed by atoms with Crippen LogP contribution in [0.3, 0.4) is 0 Å². The van der Waals surface area contributed by atoms with Gasteiger partial charge in [0.15, 0.2) is 11.0 Å². The van der Waals surface area contributed by atoms with Crippen LogP contribution >= 0.6 is 35.0 Å². The standard InChI is InChI=1S/C25H30Cl2N4O2S/c1-4-6-9-18(5-2)24(32)28-15-23-29-30-25(31(23)22-12-11-19(26)14-21(22)27)34-16-17-8-7-10-20(13-17)33-3/h7-8,10-14,18H,4-6,9,15-16H2,1-3H3,(H,28,32). The van der Waals surface area contributed by atoms with Crippen molar-refractivity contribution in [3.05, 3.63) is 63.9 Å². The minimum Gasteiger partial charge on any atom is -0.497 e. The van der Waals surface area contributed by atoms with Crippen LogP contribution in [0.4, 0.5) is 0 Å². The van der Waals surface area contributed by atoms with Gasteiger partial charge >= 0.3 is 0 Å². The first-order chi connectivity index (χ1) is 16.5. The lowest BCUT2D eigenvalue weighted by molar-refractivity contribution is -0.125. The number of amides is 1. The molecule has 0 saturated heterocycles. The van der Waals surface area contributed by atoms with Gasteiger partial charge in [-0.15, -0.1) is 10.2 Å². The maximum atomic E-state index is 12.8. The minimum absolute atomic E-state index is 0.00246. The maximum Gasteiger partial charge on any atom is 0.223 e. The molecule has 0 aliphatic heterocycles. The first-order valence-corrected chi connectivity index (χ1v) is 13.1. The van der Waals surface area contributed by atoms with Crippen LogP contribution in [-0.4, -0.2) is 27.8 Å². The monoisotopic (exact) mass is 520 g/mol. The van der Waals surface area contributed by atoms with E-state index in [0.29, 0.717) is 32.5 Å². The Balaban J connectivity index is 1.84. The zero-order valence-corrected chi connectivity index (χ0v) is 22.0. The quantitative estimate of drug-likeness (QED) is 0.269. The van der Waals surface area contributed by atoms with Gasteiger partial charge in [-0.25, -0.2) is 0 Å². The lowest BCUT2D eigenvalue weighted by Gasteiger charge is -2.16. The number of ether oxygens (including phenoxy) is 1. The van der Waals surface area contributed by atoms with Gasteiger partial charge in [0.1, 0.15) is 5.75 Å². The Morgan fingerprint density at radius 2 is 2.00 bits per heavy atom. The third kappa shape index (κ3) is 6.90. The van der Waals surface area contributed by atoms with Crippen molar-refractivity contribution < 1.29 is 9.53 Å². The third-order valence-corrected chi connectivity index (χ3v) is 7.08. The highest BCUT2D eigenvalue weighted by Crippen LogP contribution is 2.31. The third-order valence-electron chi connectivity index (χ3n) is 5.54. The molecule has 1 N–H and O–H groups in total. The molecule has 182 valence electrons. The Morgan fingerprint density at radius 3 is 2.71 bits per heavy atom. The van der Waals surface area contributed by atoms with Crippen molar-refractivity contribution in [1.29, 1.82) is 0 Å². The van der Waals surface area contributed by atoms with Crippen molar-refractivity contribution in [2.45, 2.75) is 57.0 Å². The van der Waals surface area contributed by atoms with Crippen LogP contribution in [-0.2, 0) is 17.1 Å². The molecular weight excluding hydrogens is 491 g/mol. The van der Waals surface area contributed by atoms with E-state index in [1.165, 1.54) is 11.8 Å². The van der Waals surface area contributed by atoms with Crippen molar-refractivity contribution >= 4 is 40.9 Å². The molecule has 1 atom stereocenters. The number of halogens is 2. The highest BCUT2D eigenvalue weighted by atomic mass is 35.5. The molecule has 0 bridgehead atoms. The summed E-state index contributed by atoms with van der Waals surface area (Å²) in [5, 5.41) is 13.5. The van der Waals surface area contributed by atoms with Gasteiger partial charge in [-0.3, -0.25) is 9.36 Å². The largest absolute Gasteiger partial charge is 0.497 e. The van der Waals surface area contributed by atoms with E-state index in [9.17, 15) is 4.79 Å². The van der Waals surface area contributed by atoms with Gasteiger partial charge < -0.3 is 10.1 Å². The van der Waals surface area contributed by atoms with E-state index in [1.54, 1.807) is 19.2 Å². The lowest BCUT2D eigenvalue weighted by atomic mass is 9.98. The number of unbranched alkanes of at least 4 members (excludes halogenated alkanes) is 1. The van der Waals surface area contributed by atoms with E-state index in [1.807, 2.05) is 41.8 Å². The highest BCUT2D eigenvalue weighted by molar-refractivity contribution is 7.98. The molecule has 0 saturated carbocycles. The van der Waals surface area contributed by atoms with Crippen molar-refractivity contribution in [3.63, 3.8) is 0 Å². The summed E-state index contributed by atoms with van der Waals surface area (Å²) >= 11 is 14.2. The smallest absolute Gasteiger partial charge is 0.223 e. The zero-order chi connectivity index (χ0) is 24.5. The van der Waals surface area contributed by atoms with Crippen LogP contribution in [0.25, 0.3) is 5.69 Å². The first-order valence-electron chi connectivity index (χ1n) is 11.4. The number of methoxy groups -OCH3 is 1. The molecule has 1 aromatic heterocycles. The van der Waals surface area contributed by atoms with Gasteiger partial charge in [0.2, 0.25) is 5.91 Å². The number of rotatable bonds is 12. The predicted octanol–water partition coefficient (Wildman–Crippen LogP) is 6.71. The summed E-state index contributed by atoms with van der Waals surface area (Å²) in [6.07, 6.45) is 3.80. The van der Waals surface area contributed by atoms with Crippen LogP contribution in [0.2, 0.25) is 10.0 Å². The van der Waals surface area contributed by atoms with E-state index in [0.717, 1.165) is 37.0 Å². The fourth-order valence-corrected chi connectivity index (χ4v) is 5.00. The van der Waals surface area contributed by atoms with E-state index in [-0.39, 0.29) is 18.4 Å². The van der Waals surface area contributed by atoms with Crippen molar-refractivity contribution in [1.82, 2.24) is 20.1 Å². The summed E-state index contributed by atoms with van der Waals surface area (Å²) in [5.74, 6) is 2.12. The molecule has 0 aliphatic carbocycles. The van der Waals surface area contributed by atoms with Gasteiger partial charge in [0.05, 0.1) is 24.4 Å². The maximum absolute atomic E-state index is 12.8. The molecule has 3 aromatic rings. The van der Waals surface area contributed by atoms with Crippen molar-refractivity contribution in [3.8, 4) is 11.4 Å². The Hall–Kier alpha value is -2.22. The highest BCUT2D eigenvalue weighted by Gasteiger charge is 2.20. The summed E-state index contributed by atoms with van der Waals surface area (Å²) < 4.78 is 7.21. The van der Waals surface area contributed by atoms with Crippen LogP contribution in [0, 0.1) is 5.92 Å². The molecule has 0 aliphatic rings. The van der Waals surface area contributed by atoms with Gasteiger partial charge in [0.25, 0.3) is 0 Å². The topological polar surface area (TPSA) is 69.0 Å². The predicted molar refractivity (Wildman–Crippen MR) is 139 cm³/mol. The summed E-state index contributed by atoms with van der Waals surface area (Å²) in [5.41, 5.74) is 1.81. The normalized spacial score (nSPS) is 11.9. The van der Waals surface area contributed by atoms with Crippen LogP contribution in [0.5, 0.6) is 5.75 Å². The molecule has 1 amide bonds. The fraction of sp³-hybridized carbons (Fsp3) is 0.400. The zero-order valence-electron chi connectivity index (χ0n) is 19.7. The number of carbonyl (C=O) groups excluding carboxylic acids is 1. The SMILES string of the molecule is CCCCC(CC)C(=O)NCc1nnc(SCc2cccc(OC)c2)n1-c1ccc(Cl)cc1Cl. The van der Waals surface area contributed by atoms with E-state index >= 15 is 0 Å². The molecule has 0 radical (unpaired) electrons. The summed E-state index contributed by atoms with van der Waals surface area (Å²) in [7, 11) is 1.65. The van der Waals surface area contributed by atoms with E-state index in [4.69, 9.17) is 27.9 Å². The van der Waals surface area contributed by atoms with E-state index in [2.05, 4.69) is 22.4 Å². The second kappa shape index (κ2) is 13.0. The van der Waals surface area contributed by atoms with Crippen molar-refractivity contribution in [2.24, 2.45) is 5.92 Å². The Bertz CT molecular complexity index is 1110. The molecule has 34 heavy (non-hydrogen) atoms. The molecule has 1 heterocycles. The number of carbonyl (C=O) groups is 1. The Labute approximate surface area is 215 Å². The van der Waals surface area contributed by atoms with Crippen LogP contribution in [0.15, 0.2) is 47.6 Å². The fourth-order valence-electron chi connectivity index (χ4n) is 3.60. The number of nitrogens with zero attached hydrogens (tertiary/aromatic N) is 3. The summed E-state index contributed by atoms with van der Waals surface area (Å²) in [6, 6.07) is 13.2. The Kier molecular flexibility index (Phi) is 10.1. The second-order valence-electron chi connectivity index (χ2n) is 7.94. The number of aromatic nitrogens is 3. The van der Waals surface area contributed by atoms with Gasteiger partial charge in [-0.2, -0.15) is 0 Å². The molecule has 0 spiro atoms. The lowest BCUT2D eigenvalue weighted by Crippen LogP contribution is -2.31.